The molecule has 0 atom stereocenters. The molecule has 7 heteroatoms. The van der Waals surface area contributed by atoms with Crippen molar-refractivity contribution < 1.29 is 19.3 Å². The summed E-state index contributed by atoms with van der Waals surface area (Å²) in [5, 5.41) is 12.3. The number of methoxy groups -OCH3 is 3. The first-order valence-electron chi connectivity index (χ1n) is 10.8. The zero-order valence-electron chi connectivity index (χ0n) is 19.2. The van der Waals surface area contributed by atoms with E-state index in [0.29, 0.717) is 34.6 Å². The minimum absolute atomic E-state index is 0.0881. The SMILES string of the molecule is COc1ccc(Cn2cc3nc4c(-c5ccc(OC)cc5OC)cccc4c(N)c3c2O)cc1. The van der Waals surface area contributed by atoms with Crippen LogP contribution in [-0.4, -0.2) is 36.0 Å². The first-order valence-corrected chi connectivity index (χ1v) is 10.8. The lowest BCUT2D eigenvalue weighted by molar-refractivity contribution is 0.395. The van der Waals surface area contributed by atoms with Gasteiger partial charge in [0.25, 0.3) is 0 Å². The van der Waals surface area contributed by atoms with Gasteiger partial charge in [-0.25, -0.2) is 4.98 Å². The first-order chi connectivity index (χ1) is 16.5. The van der Waals surface area contributed by atoms with E-state index < -0.39 is 0 Å². The topological polar surface area (TPSA) is 91.8 Å². The number of aromatic nitrogens is 2. The van der Waals surface area contributed by atoms with E-state index in [1.807, 2.05) is 66.9 Å². The van der Waals surface area contributed by atoms with Crippen LogP contribution in [0.1, 0.15) is 5.56 Å². The maximum absolute atomic E-state index is 11.0. The summed E-state index contributed by atoms with van der Waals surface area (Å²) >= 11 is 0. The minimum atomic E-state index is 0.0881. The fourth-order valence-electron chi connectivity index (χ4n) is 4.30. The van der Waals surface area contributed by atoms with Crippen molar-refractivity contribution in [1.82, 2.24) is 9.55 Å². The third-order valence-electron chi connectivity index (χ3n) is 6.07. The molecule has 0 aliphatic rings. The van der Waals surface area contributed by atoms with Gasteiger partial charge in [0.2, 0.25) is 5.88 Å². The summed E-state index contributed by atoms with van der Waals surface area (Å²) in [6.07, 6.45) is 1.83. The molecule has 0 saturated carbocycles. The fraction of sp³-hybridized carbons (Fsp3) is 0.148. The number of fused-ring (bicyclic) bond motifs is 2. The molecular formula is C27H25N3O4. The lowest BCUT2D eigenvalue weighted by atomic mass is 9.99. The van der Waals surface area contributed by atoms with Crippen molar-refractivity contribution in [3.05, 3.63) is 72.4 Å². The van der Waals surface area contributed by atoms with Gasteiger partial charge in [-0.3, -0.25) is 0 Å². The highest BCUT2D eigenvalue weighted by Gasteiger charge is 2.19. The normalized spacial score (nSPS) is 11.1. The lowest BCUT2D eigenvalue weighted by Gasteiger charge is -2.13. The number of anilines is 1. The number of hydrogen-bond donors (Lipinski definition) is 2. The third-order valence-corrected chi connectivity index (χ3v) is 6.07. The molecule has 0 saturated heterocycles. The predicted octanol–water partition coefficient (Wildman–Crippen LogP) is 5.22. The van der Waals surface area contributed by atoms with E-state index in [-0.39, 0.29) is 5.88 Å². The number of aromatic hydroxyl groups is 1. The van der Waals surface area contributed by atoms with Crippen molar-refractivity contribution in [2.45, 2.75) is 6.54 Å². The Kier molecular flexibility index (Phi) is 5.37. The summed E-state index contributed by atoms with van der Waals surface area (Å²) in [5.41, 5.74) is 11.2. The van der Waals surface area contributed by atoms with Crippen LogP contribution in [0.4, 0.5) is 5.69 Å². The molecule has 0 spiro atoms. The van der Waals surface area contributed by atoms with E-state index in [1.165, 1.54) is 0 Å². The highest BCUT2D eigenvalue weighted by molar-refractivity contribution is 6.12. The van der Waals surface area contributed by atoms with Gasteiger partial charge in [-0.05, 0) is 29.8 Å². The summed E-state index contributed by atoms with van der Waals surface area (Å²) in [4.78, 5) is 4.92. The number of nitrogens with zero attached hydrogens (tertiary/aromatic N) is 2. The van der Waals surface area contributed by atoms with Crippen LogP contribution in [0.25, 0.3) is 32.9 Å². The van der Waals surface area contributed by atoms with Gasteiger partial charge in [0.1, 0.15) is 17.2 Å². The number of benzene rings is 3. The van der Waals surface area contributed by atoms with Gasteiger partial charge in [-0.15, -0.1) is 0 Å². The van der Waals surface area contributed by atoms with E-state index in [4.69, 9.17) is 24.9 Å². The van der Waals surface area contributed by atoms with Gasteiger partial charge >= 0.3 is 0 Å². The van der Waals surface area contributed by atoms with Crippen LogP contribution in [0, 0.1) is 0 Å². The van der Waals surface area contributed by atoms with E-state index in [9.17, 15) is 5.11 Å². The summed E-state index contributed by atoms with van der Waals surface area (Å²) < 4.78 is 17.9. The second-order valence-corrected chi connectivity index (χ2v) is 7.98. The first kappa shape index (κ1) is 21.5. The molecule has 3 N–H and O–H groups in total. The minimum Gasteiger partial charge on any atom is -0.497 e. The van der Waals surface area contributed by atoms with Crippen molar-refractivity contribution in [3.63, 3.8) is 0 Å². The molecule has 0 aliphatic heterocycles. The second kappa shape index (κ2) is 8.51. The number of hydrogen-bond acceptors (Lipinski definition) is 6. The zero-order chi connectivity index (χ0) is 23.8. The zero-order valence-corrected chi connectivity index (χ0v) is 19.2. The monoisotopic (exact) mass is 455 g/mol. The molecular weight excluding hydrogens is 430 g/mol. The maximum Gasteiger partial charge on any atom is 0.203 e. The number of nitrogen functional groups attached to an aromatic ring is 1. The van der Waals surface area contributed by atoms with Crippen LogP contribution in [0.2, 0.25) is 0 Å². The molecule has 172 valence electrons. The molecule has 5 aromatic rings. The van der Waals surface area contributed by atoms with Gasteiger partial charge in [0.05, 0.1) is 50.0 Å². The van der Waals surface area contributed by atoms with Crippen LogP contribution >= 0.6 is 0 Å². The Labute approximate surface area is 196 Å². The molecule has 0 fully saturated rings. The van der Waals surface area contributed by atoms with Crippen molar-refractivity contribution in [2.75, 3.05) is 27.1 Å². The predicted molar refractivity (Wildman–Crippen MR) is 134 cm³/mol. The standard InChI is InChI=1S/C27H25N3O4/c1-32-17-9-7-16(8-10-17)14-30-15-22-24(27(30)31)25(28)21-6-4-5-20(26(21)29-22)19-12-11-18(33-2)13-23(19)34-3/h4-13,15,31H,14,28H2,1-3H3. The number of para-hydroxylation sites is 1. The molecule has 3 aromatic carbocycles. The Morgan fingerprint density at radius 3 is 2.32 bits per heavy atom. The number of pyridine rings is 1. The van der Waals surface area contributed by atoms with Gasteiger partial charge < -0.3 is 29.6 Å². The molecule has 0 amide bonds. The average Bonchev–Trinajstić information content (AvgIpc) is 3.18. The Morgan fingerprint density at radius 2 is 1.62 bits per heavy atom. The van der Waals surface area contributed by atoms with Crippen molar-refractivity contribution in [1.29, 1.82) is 0 Å². The van der Waals surface area contributed by atoms with E-state index in [1.54, 1.807) is 25.9 Å². The Hall–Kier alpha value is -4.39. The summed E-state index contributed by atoms with van der Waals surface area (Å²) in [7, 11) is 4.88. The number of nitrogens with two attached hydrogens (primary N) is 1. The highest BCUT2D eigenvalue weighted by atomic mass is 16.5. The van der Waals surface area contributed by atoms with Crippen molar-refractivity contribution in [2.24, 2.45) is 0 Å². The third kappa shape index (κ3) is 3.51. The van der Waals surface area contributed by atoms with Crippen LogP contribution in [0.15, 0.2) is 66.9 Å². The largest absolute Gasteiger partial charge is 0.497 e. The molecule has 0 aliphatic carbocycles. The van der Waals surface area contributed by atoms with Crippen LogP contribution in [0.3, 0.4) is 0 Å². The van der Waals surface area contributed by atoms with Gasteiger partial charge in [0.15, 0.2) is 0 Å². The van der Waals surface area contributed by atoms with Crippen LogP contribution in [0.5, 0.6) is 23.1 Å². The number of rotatable bonds is 6. The van der Waals surface area contributed by atoms with E-state index in [0.717, 1.165) is 33.3 Å². The summed E-state index contributed by atoms with van der Waals surface area (Å²) in [6.45, 7) is 0.473. The maximum atomic E-state index is 11.0. The Balaban J connectivity index is 1.66. The smallest absolute Gasteiger partial charge is 0.203 e. The molecule has 0 radical (unpaired) electrons. The molecule has 0 unspecified atom stereocenters. The second-order valence-electron chi connectivity index (χ2n) is 7.98. The molecule has 5 rings (SSSR count). The van der Waals surface area contributed by atoms with E-state index >= 15 is 0 Å². The van der Waals surface area contributed by atoms with Crippen LogP contribution < -0.4 is 19.9 Å². The highest BCUT2D eigenvalue weighted by Crippen LogP contribution is 2.41. The molecule has 2 aromatic heterocycles. The van der Waals surface area contributed by atoms with Crippen molar-refractivity contribution >= 4 is 27.5 Å². The summed E-state index contributed by atoms with van der Waals surface area (Å²) in [6, 6.07) is 19.2. The van der Waals surface area contributed by atoms with E-state index in [2.05, 4.69) is 0 Å². The molecule has 0 bridgehead atoms. The fourth-order valence-corrected chi connectivity index (χ4v) is 4.30. The van der Waals surface area contributed by atoms with Gasteiger partial charge in [0, 0.05) is 28.8 Å². The Morgan fingerprint density at radius 1 is 0.882 bits per heavy atom. The average molecular weight is 456 g/mol. The lowest BCUT2D eigenvalue weighted by Crippen LogP contribution is -1.97. The van der Waals surface area contributed by atoms with Gasteiger partial charge in [-0.2, -0.15) is 0 Å². The van der Waals surface area contributed by atoms with Crippen LogP contribution in [-0.2, 0) is 6.54 Å². The molecule has 7 nitrogen and oxygen atoms in total. The summed E-state index contributed by atoms with van der Waals surface area (Å²) in [5.74, 6) is 2.25. The van der Waals surface area contributed by atoms with Gasteiger partial charge in [-0.1, -0.05) is 30.3 Å². The Bertz CT molecular complexity index is 1510. The molecule has 34 heavy (non-hydrogen) atoms. The quantitative estimate of drug-likeness (QED) is 0.365. The molecule has 2 heterocycles. The van der Waals surface area contributed by atoms with Crippen molar-refractivity contribution in [3.8, 4) is 34.3 Å². The number of ether oxygens (including phenoxy) is 3.